The Kier molecular flexibility index (Phi) is 3.36. The largest absolute Gasteiger partial charge is 0.492 e. The van der Waals surface area contributed by atoms with Crippen molar-refractivity contribution in [1.29, 1.82) is 0 Å². The van der Waals surface area contributed by atoms with Gasteiger partial charge in [0, 0.05) is 16.6 Å². The van der Waals surface area contributed by atoms with E-state index >= 15 is 0 Å². The molecule has 2 rings (SSSR count). The quantitative estimate of drug-likeness (QED) is 0.592. The second-order valence-electron chi connectivity index (χ2n) is 3.52. The average Bonchev–Trinajstić information content (AvgIpc) is 2.39. The molecular formula is C10H12Cl2N2O. The molecule has 5 heteroatoms. The van der Waals surface area contributed by atoms with Gasteiger partial charge in [-0.1, -0.05) is 23.2 Å². The number of nitrogens with one attached hydrogen (secondary N) is 1. The van der Waals surface area contributed by atoms with Gasteiger partial charge in [-0.15, -0.1) is 0 Å². The fourth-order valence-corrected chi connectivity index (χ4v) is 2.35. The van der Waals surface area contributed by atoms with Crippen LogP contribution >= 0.6 is 23.2 Å². The first-order valence-corrected chi connectivity index (χ1v) is 5.56. The maximum absolute atomic E-state index is 6.06. The number of ether oxygens (including phenoxy) is 1. The van der Waals surface area contributed by atoms with Crippen molar-refractivity contribution in [3.8, 4) is 5.75 Å². The Balaban J connectivity index is 2.50. The molecule has 0 aliphatic carbocycles. The van der Waals surface area contributed by atoms with Gasteiger partial charge in [-0.3, -0.25) is 11.3 Å². The van der Waals surface area contributed by atoms with Crippen LogP contribution < -0.4 is 16.0 Å². The summed E-state index contributed by atoms with van der Waals surface area (Å²) in [6.45, 7) is 0.659. The third kappa shape index (κ3) is 2.21. The second-order valence-corrected chi connectivity index (χ2v) is 4.36. The van der Waals surface area contributed by atoms with Crippen LogP contribution in [0.15, 0.2) is 12.1 Å². The van der Waals surface area contributed by atoms with Crippen molar-refractivity contribution in [2.45, 2.75) is 18.9 Å². The lowest BCUT2D eigenvalue weighted by atomic mass is 10.0. The van der Waals surface area contributed by atoms with Crippen LogP contribution in [0.5, 0.6) is 5.75 Å². The van der Waals surface area contributed by atoms with E-state index in [0.29, 0.717) is 22.4 Å². The van der Waals surface area contributed by atoms with Crippen LogP contribution in [0, 0.1) is 0 Å². The number of hydrogen-bond donors (Lipinski definition) is 2. The second kappa shape index (κ2) is 4.58. The first-order chi connectivity index (χ1) is 7.22. The molecule has 0 saturated carbocycles. The van der Waals surface area contributed by atoms with Gasteiger partial charge < -0.3 is 4.74 Å². The molecule has 1 unspecified atom stereocenters. The number of nitrogens with two attached hydrogens (primary N) is 1. The van der Waals surface area contributed by atoms with Gasteiger partial charge in [0.05, 0.1) is 11.6 Å². The summed E-state index contributed by atoms with van der Waals surface area (Å²) in [5, 5.41) is 1.14. The topological polar surface area (TPSA) is 47.3 Å². The lowest BCUT2D eigenvalue weighted by Gasteiger charge is -2.16. The van der Waals surface area contributed by atoms with Crippen molar-refractivity contribution in [3.63, 3.8) is 0 Å². The monoisotopic (exact) mass is 246 g/mol. The summed E-state index contributed by atoms with van der Waals surface area (Å²) in [5.41, 5.74) is 3.69. The van der Waals surface area contributed by atoms with Crippen molar-refractivity contribution in [1.82, 2.24) is 5.43 Å². The molecule has 1 heterocycles. The Labute approximate surface area is 98.5 Å². The SMILES string of the molecule is NNC1CCCOc2c(Cl)cc(Cl)cc21. The molecule has 3 N–H and O–H groups in total. The Hall–Kier alpha value is -0.480. The zero-order chi connectivity index (χ0) is 10.8. The van der Waals surface area contributed by atoms with E-state index in [4.69, 9.17) is 33.8 Å². The predicted molar refractivity (Wildman–Crippen MR) is 61.3 cm³/mol. The fourth-order valence-electron chi connectivity index (χ4n) is 1.78. The Bertz CT molecular complexity index is 371. The third-order valence-corrected chi connectivity index (χ3v) is 3.00. The number of hydrazine groups is 1. The van der Waals surface area contributed by atoms with Crippen LogP contribution in [0.25, 0.3) is 0 Å². The molecule has 1 aliphatic rings. The van der Waals surface area contributed by atoms with Crippen LogP contribution in [0.2, 0.25) is 10.0 Å². The zero-order valence-electron chi connectivity index (χ0n) is 8.09. The van der Waals surface area contributed by atoms with E-state index in [-0.39, 0.29) is 6.04 Å². The van der Waals surface area contributed by atoms with Gasteiger partial charge in [0.25, 0.3) is 0 Å². The van der Waals surface area contributed by atoms with Crippen molar-refractivity contribution in [2.24, 2.45) is 5.84 Å². The Morgan fingerprint density at radius 1 is 1.40 bits per heavy atom. The van der Waals surface area contributed by atoms with Gasteiger partial charge in [0.2, 0.25) is 0 Å². The minimum atomic E-state index is 0.0544. The number of rotatable bonds is 1. The van der Waals surface area contributed by atoms with Crippen LogP contribution in [0.1, 0.15) is 24.4 Å². The summed E-state index contributed by atoms with van der Waals surface area (Å²) in [6.07, 6.45) is 1.86. The molecule has 1 atom stereocenters. The van der Waals surface area contributed by atoms with Crippen molar-refractivity contribution >= 4 is 23.2 Å². The van der Waals surface area contributed by atoms with E-state index in [9.17, 15) is 0 Å². The smallest absolute Gasteiger partial charge is 0.142 e. The van der Waals surface area contributed by atoms with Crippen molar-refractivity contribution in [2.75, 3.05) is 6.61 Å². The highest BCUT2D eigenvalue weighted by Gasteiger charge is 2.21. The normalized spacial score (nSPS) is 20.3. The van der Waals surface area contributed by atoms with Gasteiger partial charge in [-0.25, -0.2) is 0 Å². The number of hydrogen-bond acceptors (Lipinski definition) is 3. The number of benzene rings is 1. The molecule has 0 saturated heterocycles. The average molecular weight is 247 g/mol. The van der Waals surface area contributed by atoms with Gasteiger partial charge in [-0.05, 0) is 25.0 Å². The van der Waals surface area contributed by atoms with E-state index in [1.54, 1.807) is 6.07 Å². The highest BCUT2D eigenvalue weighted by molar-refractivity contribution is 6.35. The Morgan fingerprint density at radius 2 is 2.20 bits per heavy atom. The third-order valence-electron chi connectivity index (χ3n) is 2.50. The lowest BCUT2D eigenvalue weighted by Crippen LogP contribution is -2.27. The van der Waals surface area contributed by atoms with Gasteiger partial charge in [-0.2, -0.15) is 0 Å². The highest BCUT2D eigenvalue weighted by Crippen LogP contribution is 2.38. The molecule has 0 radical (unpaired) electrons. The molecule has 1 aromatic carbocycles. The lowest BCUT2D eigenvalue weighted by molar-refractivity contribution is 0.315. The summed E-state index contributed by atoms with van der Waals surface area (Å²) < 4.78 is 5.58. The summed E-state index contributed by atoms with van der Waals surface area (Å²) in [7, 11) is 0. The van der Waals surface area contributed by atoms with Crippen LogP contribution in [0.3, 0.4) is 0 Å². The van der Waals surface area contributed by atoms with E-state index in [0.717, 1.165) is 18.4 Å². The summed E-state index contributed by atoms with van der Waals surface area (Å²) in [4.78, 5) is 0. The summed E-state index contributed by atoms with van der Waals surface area (Å²) >= 11 is 12.0. The van der Waals surface area contributed by atoms with E-state index in [1.165, 1.54) is 0 Å². The molecule has 0 aromatic heterocycles. The minimum absolute atomic E-state index is 0.0544. The maximum atomic E-state index is 6.06. The molecular weight excluding hydrogens is 235 g/mol. The zero-order valence-corrected chi connectivity index (χ0v) is 9.61. The first kappa shape index (κ1) is 11.0. The summed E-state index contributed by atoms with van der Waals surface area (Å²) in [5.74, 6) is 6.19. The first-order valence-electron chi connectivity index (χ1n) is 4.80. The Morgan fingerprint density at radius 3 is 2.93 bits per heavy atom. The maximum Gasteiger partial charge on any atom is 0.142 e. The van der Waals surface area contributed by atoms with E-state index in [1.807, 2.05) is 6.07 Å². The van der Waals surface area contributed by atoms with Crippen LogP contribution in [0.4, 0.5) is 0 Å². The number of fused-ring (bicyclic) bond motifs is 1. The molecule has 0 fully saturated rings. The predicted octanol–water partition coefficient (Wildman–Crippen LogP) is 2.67. The molecule has 1 aliphatic heterocycles. The standard InChI is InChI=1S/C10H12Cl2N2O/c11-6-4-7-9(14-13)2-1-3-15-10(7)8(12)5-6/h4-5,9,14H,1-3,13H2. The molecule has 1 aromatic rings. The van der Waals surface area contributed by atoms with Gasteiger partial charge in [0.1, 0.15) is 5.75 Å². The van der Waals surface area contributed by atoms with E-state index in [2.05, 4.69) is 5.43 Å². The summed E-state index contributed by atoms with van der Waals surface area (Å²) in [6, 6.07) is 3.58. The van der Waals surface area contributed by atoms with Crippen LogP contribution in [-0.4, -0.2) is 6.61 Å². The molecule has 3 nitrogen and oxygen atoms in total. The number of halogens is 2. The molecule has 0 spiro atoms. The fraction of sp³-hybridized carbons (Fsp3) is 0.400. The molecule has 15 heavy (non-hydrogen) atoms. The van der Waals surface area contributed by atoms with E-state index < -0.39 is 0 Å². The van der Waals surface area contributed by atoms with Crippen molar-refractivity contribution < 1.29 is 4.74 Å². The highest BCUT2D eigenvalue weighted by atomic mass is 35.5. The molecule has 82 valence electrons. The van der Waals surface area contributed by atoms with Gasteiger partial charge in [0.15, 0.2) is 0 Å². The molecule has 0 amide bonds. The van der Waals surface area contributed by atoms with Crippen LogP contribution in [-0.2, 0) is 0 Å². The molecule has 0 bridgehead atoms. The van der Waals surface area contributed by atoms with Crippen molar-refractivity contribution in [3.05, 3.63) is 27.7 Å². The van der Waals surface area contributed by atoms with Gasteiger partial charge >= 0.3 is 0 Å². The minimum Gasteiger partial charge on any atom is -0.492 e.